The number of rotatable bonds is 7. The van der Waals surface area contributed by atoms with E-state index < -0.39 is 10.0 Å². The summed E-state index contributed by atoms with van der Waals surface area (Å²) in [5.74, 6) is 0.960. The standard InChI is InChI=1S/C25H28N4O5S/c1-17-5-4-6-23(26-17)27-25(30)20-13-15-29(16-14-20)35(31,32)24-18(2)28-34-22(24)12-9-19-7-10-21(33-3)11-8-19/h4-12,20H,13-16H2,1-3H3,(H,26,27,30). The van der Waals surface area contributed by atoms with Crippen LogP contribution in [0.25, 0.3) is 12.2 Å². The van der Waals surface area contributed by atoms with E-state index in [0.29, 0.717) is 24.4 Å². The molecule has 10 heteroatoms. The molecule has 1 aliphatic rings. The Bertz CT molecular complexity index is 1320. The van der Waals surface area contributed by atoms with Crippen LogP contribution in [0.2, 0.25) is 0 Å². The number of sulfonamides is 1. The van der Waals surface area contributed by atoms with Gasteiger partial charge in [-0.2, -0.15) is 4.31 Å². The summed E-state index contributed by atoms with van der Waals surface area (Å²) in [6.07, 6.45) is 4.19. The van der Waals surface area contributed by atoms with Gasteiger partial charge in [0.15, 0.2) is 10.7 Å². The van der Waals surface area contributed by atoms with Crippen molar-refractivity contribution in [2.24, 2.45) is 5.92 Å². The van der Waals surface area contributed by atoms with Crippen molar-refractivity contribution in [1.82, 2.24) is 14.4 Å². The van der Waals surface area contributed by atoms with Gasteiger partial charge in [-0.15, -0.1) is 0 Å². The molecule has 1 aromatic carbocycles. The Morgan fingerprint density at radius 1 is 1.11 bits per heavy atom. The Labute approximate surface area is 204 Å². The van der Waals surface area contributed by atoms with Gasteiger partial charge in [-0.05, 0) is 62.6 Å². The number of hydrogen-bond acceptors (Lipinski definition) is 7. The zero-order chi connectivity index (χ0) is 25.0. The number of aromatic nitrogens is 2. The second kappa shape index (κ2) is 10.4. The number of nitrogens with zero attached hydrogens (tertiary/aromatic N) is 3. The van der Waals surface area contributed by atoms with E-state index in [0.717, 1.165) is 17.0 Å². The van der Waals surface area contributed by atoms with E-state index in [1.165, 1.54) is 4.31 Å². The lowest BCUT2D eigenvalue weighted by atomic mass is 9.97. The first-order chi connectivity index (χ1) is 16.8. The van der Waals surface area contributed by atoms with E-state index in [1.54, 1.807) is 32.3 Å². The molecular formula is C25H28N4O5S. The van der Waals surface area contributed by atoms with E-state index in [4.69, 9.17) is 9.26 Å². The first-order valence-corrected chi connectivity index (χ1v) is 12.7. The number of carbonyl (C=O) groups excluding carboxylic acids is 1. The average molecular weight is 497 g/mol. The SMILES string of the molecule is COc1ccc(C=Cc2onc(C)c2S(=O)(=O)N2CCC(C(=O)Nc3cccc(C)n3)CC2)cc1. The highest BCUT2D eigenvalue weighted by Gasteiger charge is 2.36. The molecule has 1 N–H and O–H groups in total. The van der Waals surface area contributed by atoms with Gasteiger partial charge >= 0.3 is 0 Å². The molecule has 9 nitrogen and oxygen atoms in total. The van der Waals surface area contributed by atoms with Crippen molar-refractivity contribution in [2.75, 3.05) is 25.5 Å². The minimum Gasteiger partial charge on any atom is -0.497 e. The molecule has 184 valence electrons. The number of aryl methyl sites for hydroxylation is 2. The zero-order valence-electron chi connectivity index (χ0n) is 19.9. The maximum absolute atomic E-state index is 13.5. The third kappa shape index (κ3) is 5.60. The van der Waals surface area contributed by atoms with Crippen molar-refractivity contribution in [3.05, 3.63) is 65.2 Å². The minimum absolute atomic E-state index is 0.0501. The second-order valence-corrected chi connectivity index (χ2v) is 10.3. The molecule has 1 aliphatic heterocycles. The van der Waals surface area contributed by atoms with E-state index >= 15 is 0 Å². The Morgan fingerprint density at radius 2 is 1.83 bits per heavy atom. The largest absolute Gasteiger partial charge is 0.497 e. The van der Waals surface area contributed by atoms with Crippen LogP contribution in [0.4, 0.5) is 5.82 Å². The molecule has 3 heterocycles. The molecule has 0 aliphatic carbocycles. The average Bonchev–Trinajstić information content (AvgIpc) is 3.24. The van der Waals surface area contributed by atoms with Crippen LogP contribution in [-0.2, 0) is 14.8 Å². The topological polar surface area (TPSA) is 115 Å². The van der Waals surface area contributed by atoms with Crippen LogP contribution in [0, 0.1) is 19.8 Å². The number of methoxy groups -OCH3 is 1. The van der Waals surface area contributed by atoms with Crippen molar-refractivity contribution in [3.63, 3.8) is 0 Å². The predicted molar refractivity (Wildman–Crippen MR) is 132 cm³/mol. The molecule has 0 bridgehead atoms. The lowest BCUT2D eigenvalue weighted by Crippen LogP contribution is -2.41. The Hall–Kier alpha value is -3.50. The summed E-state index contributed by atoms with van der Waals surface area (Å²) in [4.78, 5) is 17.0. The van der Waals surface area contributed by atoms with Crippen LogP contribution in [0.3, 0.4) is 0 Å². The molecule has 4 rings (SSSR count). The van der Waals surface area contributed by atoms with Gasteiger partial charge in [0.05, 0.1) is 7.11 Å². The third-order valence-electron chi connectivity index (χ3n) is 5.94. The molecular weight excluding hydrogens is 468 g/mol. The first-order valence-electron chi connectivity index (χ1n) is 11.3. The fourth-order valence-electron chi connectivity index (χ4n) is 4.01. The van der Waals surface area contributed by atoms with Gasteiger partial charge in [0.25, 0.3) is 0 Å². The summed E-state index contributed by atoms with van der Waals surface area (Å²) < 4.78 is 38.8. The van der Waals surface area contributed by atoms with Crippen molar-refractivity contribution < 1.29 is 22.5 Å². The molecule has 1 amide bonds. The van der Waals surface area contributed by atoms with E-state index in [-0.39, 0.29) is 35.6 Å². The Balaban J connectivity index is 1.44. The van der Waals surface area contributed by atoms with Gasteiger partial charge in [-0.3, -0.25) is 4.79 Å². The lowest BCUT2D eigenvalue weighted by Gasteiger charge is -2.30. The first kappa shape index (κ1) is 24.6. The van der Waals surface area contributed by atoms with Crippen LogP contribution >= 0.6 is 0 Å². The smallest absolute Gasteiger partial charge is 0.248 e. The summed E-state index contributed by atoms with van der Waals surface area (Å²) in [7, 11) is -2.25. The molecule has 3 aromatic rings. The number of hydrogen-bond donors (Lipinski definition) is 1. The van der Waals surface area contributed by atoms with Crippen molar-refractivity contribution in [3.8, 4) is 5.75 Å². The van der Waals surface area contributed by atoms with Crippen molar-refractivity contribution in [1.29, 1.82) is 0 Å². The molecule has 0 spiro atoms. The highest BCUT2D eigenvalue weighted by Crippen LogP contribution is 2.29. The van der Waals surface area contributed by atoms with E-state index in [9.17, 15) is 13.2 Å². The lowest BCUT2D eigenvalue weighted by molar-refractivity contribution is -0.120. The maximum atomic E-state index is 13.5. The zero-order valence-corrected chi connectivity index (χ0v) is 20.7. The summed E-state index contributed by atoms with van der Waals surface area (Å²) in [5.41, 5.74) is 1.97. The highest BCUT2D eigenvalue weighted by molar-refractivity contribution is 7.89. The number of pyridine rings is 1. The van der Waals surface area contributed by atoms with E-state index in [1.807, 2.05) is 43.3 Å². The van der Waals surface area contributed by atoms with Crippen LogP contribution in [0.15, 0.2) is 51.9 Å². The molecule has 2 aromatic heterocycles. The molecule has 35 heavy (non-hydrogen) atoms. The van der Waals surface area contributed by atoms with Gasteiger partial charge in [0, 0.05) is 24.7 Å². The highest BCUT2D eigenvalue weighted by atomic mass is 32.2. The third-order valence-corrected chi connectivity index (χ3v) is 8.00. The van der Waals surface area contributed by atoms with Crippen molar-refractivity contribution in [2.45, 2.75) is 31.6 Å². The number of amides is 1. The van der Waals surface area contributed by atoms with Crippen LogP contribution in [0.1, 0.15) is 35.6 Å². The molecule has 1 fully saturated rings. The molecule has 1 saturated heterocycles. The fraction of sp³-hybridized carbons (Fsp3) is 0.320. The van der Waals surface area contributed by atoms with Gasteiger partial charge in [0.1, 0.15) is 17.3 Å². The molecule has 0 radical (unpaired) electrons. The second-order valence-electron chi connectivity index (χ2n) is 8.40. The number of nitrogens with one attached hydrogen (secondary N) is 1. The summed E-state index contributed by atoms with van der Waals surface area (Å²) in [5, 5.41) is 6.72. The van der Waals surface area contributed by atoms with Gasteiger partial charge < -0.3 is 14.6 Å². The van der Waals surface area contributed by atoms with Crippen LogP contribution in [-0.4, -0.2) is 49.0 Å². The number of benzene rings is 1. The summed E-state index contributed by atoms with van der Waals surface area (Å²) in [6.45, 7) is 3.92. The van der Waals surface area contributed by atoms with Gasteiger partial charge in [-0.1, -0.05) is 29.4 Å². The fourth-order valence-corrected chi connectivity index (χ4v) is 5.73. The van der Waals surface area contributed by atoms with Crippen LogP contribution in [0.5, 0.6) is 5.75 Å². The van der Waals surface area contributed by atoms with E-state index in [2.05, 4.69) is 15.5 Å². The number of anilines is 1. The molecule has 0 saturated carbocycles. The monoisotopic (exact) mass is 496 g/mol. The Morgan fingerprint density at radius 3 is 2.49 bits per heavy atom. The predicted octanol–water partition coefficient (Wildman–Crippen LogP) is 3.90. The number of carbonyl (C=O) groups is 1. The Kier molecular flexibility index (Phi) is 7.32. The summed E-state index contributed by atoms with van der Waals surface area (Å²) >= 11 is 0. The summed E-state index contributed by atoms with van der Waals surface area (Å²) in [6, 6.07) is 12.8. The number of piperidine rings is 1. The molecule has 0 unspecified atom stereocenters. The van der Waals surface area contributed by atoms with Gasteiger partial charge in [0.2, 0.25) is 15.9 Å². The molecule has 0 atom stereocenters. The van der Waals surface area contributed by atoms with Gasteiger partial charge in [-0.25, -0.2) is 13.4 Å². The minimum atomic E-state index is -3.85. The quantitative estimate of drug-likeness (QED) is 0.527. The van der Waals surface area contributed by atoms with Crippen LogP contribution < -0.4 is 10.1 Å². The normalized spacial score (nSPS) is 15.4. The van der Waals surface area contributed by atoms with Crippen molar-refractivity contribution >= 4 is 33.9 Å². The number of ether oxygens (including phenoxy) is 1. The maximum Gasteiger partial charge on any atom is 0.248 e.